The van der Waals surface area contributed by atoms with Crippen molar-refractivity contribution in [3.05, 3.63) is 65.9 Å². The molecular weight excluding hydrogens is 437 g/mol. The van der Waals surface area contributed by atoms with Gasteiger partial charge in [-0.1, -0.05) is 0 Å². The Morgan fingerprint density at radius 2 is 1.82 bits per heavy atom. The Morgan fingerprint density at radius 1 is 1.09 bits per heavy atom. The Morgan fingerprint density at radius 3 is 2.45 bits per heavy atom. The van der Waals surface area contributed by atoms with E-state index >= 15 is 0 Å². The largest absolute Gasteiger partial charge is 0.416 e. The van der Waals surface area contributed by atoms with Gasteiger partial charge in [-0.25, -0.2) is 15.0 Å². The molecule has 1 amide bonds. The predicted molar refractivity (Wildman–Crippen MR) is 116 cm³/mol. The van der Waals surface area contributed by atoms with Crippen molar-refractivity contribution in [1.29, 1.82) is 0 Å². The van der Waals surface area contributed by atoms with Crippen LogP contribution in [0.4, 0.5) is 30.6 Å². The topological polar surface area (TPSA) is 124 Å². The lowest BCUT2D eigenvalue weighted by atomic mass is 10.2. The van der Waals surface area contributed by atoms with Gasteiger partial charge in [0.25, 0.3) is 5.91 Å². The molecule has 0 aliphatic heterocycles. The van der Waals surface area contributed by atoms with Crippen LogP contribution in [-0.4, -0.2) is 30.4 Å². The van der Waals surface area contributed by atoms with Crippen LogP contribution in [0.25, 0.3) is 11.0 Å². The van der Waals surface area contributed by atoms with Crippen LogP contribution in [0.3, 0.4) is 0 Å². The zero-order chi connectivity index (χ0) is 23.8. The number of halogens is 3. The number of nitrogens with one attached hydrogen (secondary N) is 2. The lowest BCUT2D eigenvalue weighted by Gasteiger charge is -2.14. The zero-order valence-corrected chi connectivity index (χ0v) is 17.6. The highest BCUT2D eigenvalue weighted by molar-refractivity contribution is 5.95. The Bertz CT molecular complexity index is 1300. The number of benzene rings is 1. The number of aromatic nitrogens is 5. The zero-order valence-electron chi connectivity index (χ0n) is 17.6. The molecule has 1 aromatic carbocycles. The van der Waals surface area contributed by atoms with Crippen molar-refractivity contribution in [2.24, 2.45) is 7.05 Å². The standard InChI is InChI=1S/C21H19F3N8O/c1-11(29-19(33)14-7-17-16(9-26-14)31-20(25)32(17)2)15-8-28-18(10-27-15)30-13-5-3-12(4-6-13)21(22,23)24/h3-11H,1-2H3,(H2,25,31)(H,28,30)(H,29,33). The molecule has 1 atom stereocenters. The van der Waals surface area contributed by atoms with E-state index in [1.54, 1.807) is 24.6 Å². The maximum atomic E-state index is 12.7. The summed E-state index contributed by atoms with van der Waals surface area (Å²) in [4.78, 5) is 29.4. The predicted octanol–water partition coefficient (Wildman–Crippen LogP) is 3.59. The minimum absolute atomic E-state index is 0.200. The number of aryl methyl sites for hydroxylation is 1. The van der Waals surface area contributed by atoms with Gasteiger partial charge >= 0.3 is 6.18 Å². The molecule has 0 saturated carbocycles. The highest BCUT2D eigenvalue weighted by Gasteiger charge is 2.29. The number of anilines is 3. The van der Waals surface area contributed by atoms with E-state index in [2.05, 4.69) is 30.6 Å². The Balaban J connectivity index is 1.41. The van der Waals surface area contributed by atoms with E-state index in [9.17, 15) is 18.0 Å². The van der Waals surface area contributed by atoms with Crippen LogP contribution in [0.2, 0.25) is 0 Å². The highest BCUT2D eigenvalue weighted by atomic mass is 19.4. The molecule has 4 rings (SSSR count). The first kappa shape index (κ1) is 22.0. The monoisotopic (exact) mass is 456 g/mol. The molecule has 4 N–H and O–H groups in total. The van der Waals surface area contributed by atoms with Crippen LogP contribution in [0.15, 0.2) is 48.9 Å². The lowest BCUT2D eigenvalue weighted by molar-refractivity contribution is -0.137. The van der Waals surface area contributed by atoms with Crippen molar-refractivity contribution in [1.82, 2.24) is 29.8 Å². The number of nitrogens with zero attached hydrogens (tertiary/aromatic N) is 5. The molecule has 12 heteroatoms. The van der Waals surface area contributed by atoms with Crippen molar-refractivity contribution >= 4 is 34.4 Å². The number of amides is 1. The summed E-state index contributed by atoms with van der Waals surface area (Å²) in [5, 5.41) is 5.68. The summed E-state index contributed by atoms with van der Waals surface area (Å²) in [6, 6.07) is 5.70. The fourth-order valence-corrected chi connectivity index (χ4v) is 3.10. The average Bonchev–Trinajstić information content (AvgIpc) is 3.07. The molecule has 33 heavy (non-hydrogen) atoms. The van der Waals surface area contributed by atoms with E-state index in [1.807, 2.05) is 0 Å². The van der Waals surface area contributed by atoms with Gasteiger partial charge in [0.1, 0.15) is 17.0 Å². The molecule has 0 fully saturated rings. The number of pyridine rings is 1. The van der Waals surface area contributed by atoms with Gasteiger partial charge in [0.15, 0.2) is 0 Å². The maximum Gasteiger partial charge on any atom is 0.416 e. The van der Waals surface area contributed by atoms with Gasteiger partial charge in [0.2, 0.25) is 5.95 Å². The second-order valence-electron chi connectivity index (χ2n) is 7.31. The van der Waals surface area contributed by atoms with Crippen LogP contribution >= 0.6 is 0 Å². The molecule has 9 nitrogen and oxygen atoms in total. The SMILES string of the molecule is CC(NC(=O)c1cc2c(cn1)nc(N)n2C)c1cnc(Nc2ccc(C(F)(F)F)cc2)cn1. The molecule has 0 saturated heterocycles. The van der Waals surface area contributed by atoms with Gasteiger partial charge in [-0.15, -0.1) is 0 Å². The molecule has 0 aliphatic carbocycles. The fraction of sp³-hybridized carbons (Fsp3) is 0.190. The van der Waals surface area contributed by atoms with Crippen molar-refractivity contribution in [3.8, 4) is 0 Å². The molecule has 4 aromatic rings. The number of hydrogen-bond donors (Lipinski definition) is 3. The van der Waals surface area contributed by atoms with E-state index in [0.717, 1.165) is 12.1 Å². The van der Waals surface area contributed by atoms with Crippen molar-refractivity contribution < 1.29 is 18.0 Å². The van der Waals surface area contributed by atoms with Crippen LogP contribution in [-0.2, 0) is 13.2 Å². The van der Waals surface area contributed by atoms with Crippen molar-refractivity contribution in [2.75, 3.05) is 11.1 Å². The van der Waals surface area contributed by atoms with Crippen LogP contribution in [0.5, 0.6) is 0 Å². The normalized spacial score (nSPS) is 12.5. The second-order valence-corrected chi connectivity index (χ2v) is 7.31. The molecule has 3 heterocycles. The minimum atomic E-state index is -4.40. The summed E-state index contributed by atoms with van der Waals surface area (Å²) in [6.45, 7) is 1.74. The average molecular weight is 456 g/mol. The molecule has 0 radical (unpaired) electrons. The number of fused-ring (bicyclic) bond motifs is 1. The molecule has 1 unspecified atom stereocenters. The fourth-order valence-electron chi connectivity index (χ4n) is 3.10. The van der Waals surface area contributed by atoms with Crippen LogP contribution in [0.1, 0.15) is 34.7 Å². The van der Waals surface area contributed by atoms with Crippen LogP contribution < -0.4 is 16.4 Å². The first-order chi connectivity index (χ1) is 15.6. The number of nitrogens with two attached hydrogens (primary N) is 1. The van der Waals surface area contributed by atoms with Gasteiger partial charge in [-0.3, -0.25) is 9.78 Å². The van der Waals surface area contributed by atoms with E-state index in [0.29, 0.717) is 34.2 Å². The summed E-state index contributed by atoms with van der Waals surface area (Å²) in [6.07, 6.45) is -0.0199. The summed E-state index contributed by atoms with van der Waals surface area (Å²) >= 11 is 0. The third-order valence-electron chi connectivity index (χ3n) is 4.98. The summed E-state index contributed by atoms with van der Waals surface area (Å²) in [5.41, 5.74) is 7.43. The number of hydrogen-bond acceptors (Lipinski definition) is 7. The van der Waals surface area contributed by atoms with E-state index in [-0.39, 0.29) is 5.69 Å². The summed E-state index contributed by atoms with van der Waals surface area (Å²) < 4.78 is 39.7. The van der Waals surface area contributed by atoms with E-state index in [1.165, 1.54) is 30.7 Å². The number of carbonyl (C=O) groups excluding carboxylic acids is 1. The van der Waals surface area contributed by atoms with Crippen LogP contribution in [0, 0.1) is 0 Å². The van der Waals surface area contributed by atoms with E-state index in [4.69, 9.17) is 5.73 Å². The smallest absolute Gasteiger partial charge is 0.369 e. The van der Waals surface area contributed by atoms with Gasteiger partial charge < -0.3 is 20.9 Å². The number of imidazole rings is 1. The van der Waals surface area contributed by atoms with Crippen molar-refractivity contribution in [3.63, 3.8) is 0 Å². The molecule has 170 valence electrons. The van der Waals surface area contributed by atoms with Gasteiger partial charge in [0.05, 0.1) is 41.4 Å². The van der Waals surface area contributed by atoms with Gasteiger partial charge in [-0.05, 0) is 37.3 Å². The Hall–Kier alpha value is -4.22. The minimum Gasteiger partial charge on any atom is -0.369 e. The molecule has 0 aliphatic rings. The van der Waals surface area contributed by atoms with Gasteiger partial charge in [0, 0.05) is 12.7 Å². The molecule has 3 aromatic heterocycles. The summed E-state index contributed by atoms with van der Waals surface area (Å²) in [5.74, 6) is 0.258. The molecule has 0 spiro atoms. The third kappa shape index (κ3) is 4.68. The number of carbonyl (C=O) groups is 1. The molecular formula is C21H19F3N8O. The summed E-state index contributed by atoms with van der Waals surface area (Å²) in [7, 11) is 1.74. The number of rotatable bonds is 5. The number of alkyl halides is 3. The van der Waals surface area contributed by atoms with Gasteiger partial charge in [-0.2, -0.15) is 13.2 Å². The maximum absolute atomic E-state index is 12.7. The Labute approximate surface area is 185 Å². The third-order valence-corrected chi connectivity index (χ3v) is 4.98. The Kier molecular flexibility index (Phi) is 5.58. The highest BCUT2D eigenvalue weighted by Crippen LogP contribution is 2.30. The quantitative estimate of drug-likeness (QED) is 0.419. The first-order valence-electron chi connectivity index (χ1n) is 9.77. The number of nitrogen functional groups attached to an aromatic ring is 1. The lowest BCUT2D eigenvalue weighted by Crippen LogP contribution is -2.28. The first-order valence-corrected chi connectivity index (χ1v) is 9.77. The van der Waals surface area contributed by atoms with Crippen molar-refractivity contribution in [2.45, 2.75) is 19.1 Å². The second kappa shape index (κ2) is 8.37. The molecule has 0 bridgehead atoms. The van der Waals surface area contributed by atoms with E-state index < -0.39 is 23.7 Å².